The van der Waals surface area contributed by atoms with E-state index in [1.54, 1.807) is 14.2 Å². The van der Waals surface area contributed by atoms with E-state index in [9.17, 15) is 5.11 Å². The molecule has 2 aromatic carbocycles. The zero-order valence-corrected chi connectivity index (χ0v) is 18.8. The van der Waals surface area contributed by atoms with Crippen molar-refractivity contribution in [3.63, 3.8) is 0 Å². The van der Waals surface area contributed by atoms with Gasteiger partial charge in [0.05, 0.1) is 20.3 Å². The first-order valence-corrected chi connectivity index (χ1v) is 11.8. The maximum atomic E-state index is 11.5. The van der Waals surface area contributed by atoms with E-state index < -0.39 is 0 Å². The van der Waals surface area contributed by atoms with Crippen molar-refractivity contribution in [2.75, 3.05) is 27.3 Å². The van der Waals surface area contributed by atoms with Crippen molar-refractivity contribution in [3.05, 3.63) is 59.7 Å². The molecule has 0 spiro atoms. The molecule has 4 aliphatic rings. The van der Waals surface area contributed by atoms with Crippen LogP contribution in [0.3, 0.4) is 0 Å². The van der Waals surface area contributed by atoms with Crippen LogP contribution in [0.2, 0.25) is 0 Å². The SMILES string of the molecule is COc1ccc(C2CC3(N4CCCCC4)CC(O)C2C(c2ccc(OC)cc2)C3)cc1. The van der Waals surface area contributed by atoms with Gasteiger partial charge in [0, 0.05) is 5.54 Å². The van der Waals surface area contributed by atoms with E-state index in [1.165, 1.54) is 43.5 Å². The molecular formula is C27H35NO3. The zero-order valence-electron chi connectivity index (χ0n) is 18.8. The maximum Gasteiger partial charge on any atom is 0.118 e. The number of hydrogen-bond donors (Lipinski definition) is 1. The standard InChI is InChI=1S/C27H35NO3/c1-30-21-10-6-19(7-11-21)23-16-27(28-14-4-3-5-15-28)17-24(26(23)25(29)18-27)20-8-12-22(31-2)13-9-20/h6-13,23-26,29H,3-5,14-18H2,1-2H3. The second-order valence-electron chi connectivity index (χ2n) is 9.79. The normalized spacial score (nSPS) is 33.3. The summed E-state index contributed by atoms with van der Waals surface area (Å²) in [7, 11) is 3.43. The van der Waals surface area contributed by atoms with E-state index in [0.29, 0.717) is 11.8 Å². The lowest BCUT2D eigenvalue weighted by Crippen LogP contribution is -2.63. The van der Waals surface area contributed by atoms with E-state index in [4.69, 9.17) is 9.47 Å². The number of rotatable bonds is 5. The van der Waals surface area contributed by atoms with Crippen LogP contribution in [0, 0.1) is 5.92 Å². The summed E-state index contributed by atoms with van der Waals surface area (Å²) in [5, 5.41) is 11.5. The molecule has 3 saturated carbocycles. The van der Waals surface area contributed by atoms with Gasteiger partial charge in [-0.15, -0.1) is 0 Å². The first-order valence-electron chi connectivity index (χ1n) is 11.8. The number of methoxy groups -OCH3 is 2. The van der Waals surface area contributed by atoms with Crippen molar-refractivity contribution in [1.29, 1.82) is 0 Å². The Morgan fingerprint density at radius 3 is 1.68 bits per heavy atom. The summed E-state index contributed by atoms with van der Waals surface area (Å²) in [6.45, 7) is 2.34. The Balaban J connectivity index is 1.54. The second-order valence-corrected chi connectivity index (χ2v) is 9.79. The van der Waals surface area contributed by atoms with Gasteiger partial charge in [0.2, 0.25) is 0 Å². The summed E-state index contributed by atoms with van der Waals surface area (Å²) in [5.41, 5.74) is 2.76. The summed E-state index contributed by atoms with van der Waals surface area (Å²) in [5.74, 6) is 2.74. The van der Waals surface area contributed by atoms with Crippen molar-refractivity contribution in [1.82, 2.24) is 4.90 Å². The molecule has 4 nitrogen and oxygen atoms in total. The third-order valence-corrected chi connectivity index (χ3v) is 8.28. The van der Waals surface area contributed by atoms with Crippen LogP contribution in [0.4, 0.5) is 0 Å². The highest BCUT2D eigenvalue weighted by Crippen LogP contribution is 2.60. The van der Waals surface area contributed by atoms with Crippen molar-refractivity contribution in [2.24, 2.45) is 5.92 Å². The van der Waals surface area contributed by atoms with Crippen LogP contribution in [-0.4, -0.2) is 49.0 Å². The predicted molar refractivity (Wildman–Crippen MR) is 123 cm³/mol. The number of ether oxygens (including phenoxy) is 2. The van der Waals surface area contributed by atoms with Gasteiger partial charge in [-0.05, 0) is 98.3 Å². The third kappa shape index (κ3) is 3.74. The number of aliphatic hydroxyl groups excluding tert-OH is 1. The molecule has 3 unspecified atom stereocenters. The van der Waals surface area contributed by atoms with Crippen LogP contribution < -0.4 is 9.47 Å². The number of hydrogen-bond acceptors (Lipinski definition) is 4. The lowest BCUT2D eigenvalue weighted by atomic mass is 9.51. The second kappa shape index (κ2) is 8.48. The van der Waals surface area contributed by atoms with E-state index in [-0.39, 0.29) is 17.6 Å². The number of aliphatic hydroxyl groups is 1. The van der Waals surface area contributed by atoms with Gasteiger partial charge in [-0.2, -0.15) is 0 Å². The van der Waals surface area contributed by atoms with Gasteiger partial charge in [-0.3, -0.25) is 4.90 Å². The van der Waals surface area contributed by atoms with Gasteiger partial charge < -0.3 is 14.6 Å². The maximum absolute atomic E-state index is 11.5. The average molecular weight is 422 g/mol. The zero-order chi connectivity index (χ0) is 21.4. The topological polar surface area (TPSA) is 41.9 Å². The molecule has 0 radical (unpaired) electrons. The molecule has 6 rings (SSSR count). The largest absolute Gasteiger partial charge is 0.497 e. The predicted octanol–water partition coefficient (Wildman–Crippen LogP) is 4.97. The fourth-order valence-corrected chi connectivity index (χ4v) is 6.82. The molecule has 4 heteroatoms. The van der Waals surface area contributed by atoms with Crippen LogP contribution in [0.25, 0.3) is 0 Å². The van der Waals surface area contributed by atoms with Crippen molar-refractivity contribution in [2.45, 2.75) is 62.0 Å². The van der Waals surface area contributed by atoms with E-state index in [0.717, 1.165) is 30.8 Å². The highest BCUT2D eigenvalue weighted by Gasteiger charge is 2.57. The first-order chi connectivity index (χ1) is 15.1. The van der Waals surface area contributed by atoms with Gasteiger partial charge in [-0.25, -0.2) is 0 Å². The molecule has 2 aromatic rings. The summed E-state index contributed by atoms with van der Waals surface area (Å²) >= 11 is 0. The Hall–Kier alpha value is -2.04. The quantitative estimate of drug-likeness (QED) is 0.740. The number of nitrogens with zero attached hydrogens (tertiary/aromatic N) is 1. The molecule has 166 valence electrons. The summed E-state index contributed by atoms with van der Waals surface area (Å²) in [6, 6.07) is 17.1. The average Bonchev–Trinajstić information content (AvgIpc) is 2.84. The lowest BCUT2D eigenvalue weighted by molar-refractivity contribution is -0.110. The Morgan fingerprint density at radius 2 is 1.23 bits per heavy atom. The molecule has 0 amide bonds. The molecule has 4 fully saturated rings. The van der Waals surface area contributed by atoms with E-state index in [2.05, 4.69) is 53.4 Å². The van der Waals surface area contributed by atoms with Crippen molar-refractivity contribution in [3.8, 4) is 11.5 Å². The van der Waals surface area contributed by atoms with E-state index in [1.807, 2.05) is 0 Å². The molecular weight excluding hydrogens is 386 g/mol. The Kier molecular flexibility index (Phi) is 5.70. The molecule has 31 heavy (non-hydrogen) atoms. The minimum Gasteiger partial charge on any atom is -0.497 e. The minimum atomic E-state index is -0.274. The molecule has 0 aromatic heterocycles. The van der Waals surface area contributed by atoms with Crippen LogP contribution in [0.15, 0.2) is 48.5 Å². The number of piperidine rings is 1. The van der Waals surface area contributed by atoms with Crippen LogP contribution in [0.1, 0.15) is 61.5 Å². The van der Waals surface area contributed by atoms with Gasteiger partial charge in [0.1, 0.15) is 11.5 Å². The van der Waals surface area contributed by atoms with Crippen molar-refractivity contribution < 1.29 is 14.6 Å². The molecule has 3 atom stereocenters. The fraction of sp³-hybridized carbons (Fsp3) is 0.556. The highest BCUT2D eigenvalue weighted by atomic mass is 16.5. The van der Waals surface area contributed by atoms with E-state index >= 15 is 0 Å². The molecule has 3 aliphatic carbocycles. The Labute approximate surface area is 186 Å². The number of benzene rings is 2. The third-order valence-electron chi connectivity index (χ3n) is 8.28. The van der Waals surface area contributed by atoms with Crippen LogP contribution in [0.5, 0.6) is 11.5 Å². The molecule has 1 saturated heterocycles. The van der Waals surface area contributed by atoms with Gasteiger partial charge >= 0.3 is 0 Å². The summed E-state index contributed by atoms with van der Waals surface area (Å²) < 4.78 is 10.8. The Bertz CT molecular complexity index is 815. The molecule has 1 N–H and O–H groups in total. The van der Waals surface area contributed by atoms with Crippen LogP contribution in [-0.2, 0) is 0 Å². The lowest BCUT2D eigenvalue weighted by Gasteiger charge is -2.61. The minimum absolute atomic E-state index is 0.0871. The first kappa shape index (κ1) is 20.8. The summed E-state index contributed by atoms with van der Waals surface area (Å²) in [6.07, 6.45) is 6.83. The number of likely N-dealkylation sites (tertiary alicyclic amines) is 1. The summed E-state index contributed by atoms with van der Waals surface area (Å²) in [4.78, 5) is 2.74. The van der Waals surface area contributed by atoms with Crippen molar-refractivity contribution >= 4 is 0 Å². The van der Waals surface area contributed by atoms with Gasteiger partial charge in [0.25, 0.3) is 0 Å². The highest BCUT2D eigenvalue weighted by molar-refractivity contribution is 5.37. The monoisotopic (exact) mass is 421 g/mol. The van der Waals surface area contributed by atoms with Gasteiger partial charge in [-0.1, -0.05) is 30.7 Å². The Morgan fingerprint density at radius 1 is 0.742 bits per heavy atom. The fourth-order valence-electron chi connectivity index (χ4n) is 6.82. The number of fused-ring (bicyclic) bond motifs is 3. The molecule has 1 aliphatic heterocycles. The van der Waals surface area contributed by atoms with Gasteiger partial charge in [0.15, 0.2) is 0 Å². The molecule has 2 bridgehead atoms. The van der Waals surface area contributed by atoms with Crippen LogP contribution >= 0.6 is 0 Å². The molecule has 1 heterocycles. The smallest absolute Gasteiger partial charge is 0.118 e.